The lowest BCUT2D eigenvalue weighted by Gasteiger charge is -2.24. The fraction of sp³-hybridized carbons (Fsp3) is 0.467. The van der Waals surface area contributed by atoms with Crippen molar-refractivity contribution in [2.45, 2.75) is 18.9 Å². The maximum atomic E-state index is 12.2. The summed E-state index contributed by atoms with van der Waals surface area (Å²) >= 11 is 0. The second-order valence-electron chi connectivity index (χ2n) is 4.92. The Morgan fingerprint density at radius 2 is 2.05 bits per heavy atom. The highest BCUT2D eigenvalue weighted by Gasteiger charge is 2.28. The smallest absolute Gasteiger partial charge is 0.333 e. The van der Waals surface area contributed by atoms with Crippen LogP contribution in [0, 0.1) is 5.92 Å². The molecule has 1 saturated heterocycles. The highest BCUT2D eigenvalue weighted by molar-refractivity contribution is 5.86. The Hall–Kier alpha value is -1.59. The molecule has 1 heterocycles. The zero-order valence-corrected chi connectivity index (χ0v) is 12.8. The van der Waals surface area contributed by atoms with Crippen LogP contribution in [0.4, 0.5) is 0 Å². The predicted molar refractivity (Wildman–Crippen MR) is 82.2 cm³/mol. The first-order valence-electron chi connectivity index (χ1n) is 6.86. The van der Waals surface area contributed by atoms with Crippen LogP contribution in [0.3, 0.4) is 0 Å². The number of esters is 1. The molecule has 6 heteroatoms. The number of rotatable bonds is 4. The van der Waals surface area contributed by atoms with Crippen molar-refractivity contribution in [2.24, 2.45) is 5.92 Å². The van der Waals surface area contributed by atoms with E-state index in [9.17, 15) is 9.59 Å². The third kappa shape index (κ3) is 4.72. The lowest BCUT2D eigenvalue weighted by Crippen LogP contribution is -2.43. The monoisotopic (exact) mass is 312 g/mol. The standard InChI is InChI=1S/C15H20N2O3.ClH/c1-20-15(19)13(11-6-3-2-4-7-11)17-14(18)12-8-5-9-16-10-12;/h2-4,6-7,12-13,16H,5,8-10H2,1H3,(H,17,18);1H/t12-,13?;/m1./s1. The first-order valence-corrected chi connectivity index (χ1v) is 6.86. The number of piperidine rings is 1. The Labute approximate surface area is 130 Å². The molecule has 1 fully saturated rings. The van der Waals surface area contributed by atoms with Gasteiger partial charge in [-0.1, -0.05) is 30.3 Å². The number of nitrogens with one attached hydrogen (secondary N) is 2. The van der Waals surface area contributed by atoms with Gasteiger partial charge in [-0.25, -0.2) is 4.79 Å². The molecule has 0 bridgehead atoms. The molecule has 2 atom stereocenters. The maximum absolute atomic E-state index is 12.2. The summed E-state index contributed by atoms with van der Waals surface area (Å²) < 4.78 is 4.79. The summed E-state index contributed by atoms with van der Waals surface area (Å²) in [5.74, 6) is -0.635. The lowest BCUT2D eigenvalue weighted by atomic mass is 9.97. The number of hydrogen-bond donors (Lipinski definition) is 2. The molecule has 2 rings (SSSR count). The van der Waals surface area contributed by atoms with Gasteiger partial charge in [0.2, 0.25) is 5.91 Å². The summed E-state index contributed by atoms with van der Waals surface area (Å²) in [6.07, 6.45) is 1.83. The van der Waals surface area contributed by atoms with Gasteiger partial charge < -0.3 is 15.4 Å². The Kier molecular flexibility index (Phi) is 7.19. The van der Waals surface area contributed by atoms with E-state index in [0.717, 1.165) is 24.9 Å². The summed E-state index contributed by atoms with van der Waals surface area (Å²) in [6, 6.07) is 8.40. The topological polar surface area (TPSA) is 67.4 Å². The van der Waals surface area contributed by atoms with Gasteiger partial charge in [0.1, 0.15) is 0 Å². The number of benzene rings is 1. The van der Waals surface area contributed by atoms with Crippen molar-refractivity contribution in [3.05, 3.63) is 35.9 Å². The molecule has 0 radical (unpaired) electrons. The molecule has 1 aromatic rings. The van der Waals surface area contributed by atoms with Crippen LogP contribution < -0.4 is 10.6 Å². The van der Waals surface area contributed by atoms with Gasteiger partial charge in [0.05, 0.1) is 13.0 Å². The summed E-state index contributed by atoms with van der Waals surface area (Å²) in [4.78, 5) is 24.1. The van der Waals surface area contributed by atoms with Gasteiger partial charge in [0.15, 0.2) is 6.04 Å². The molecule has 1 amide bonds. The molecule has 0 spiro atoms. The Balaban J connectivity index is 0.00000220. The quantitative estimate of drug-likeness (QED) is 0.826. The summed E-state index contributed by atoms with van der Waals surface area (Å²) in [6.45, 7) is 1.61. The van der Waals surface area contributed by atoms with Gasteiger partial charge in [-0.05, 0) is 24.9 Å². The number of ether oxygens (including phenoxy) is 1. The van der Waals surface area contributed by atoms with E-state index >= 15 is 0 Å². The van der Waals surface area contributed by atoms with Crippen LogP contribution >= 0.6 is 12.4 Å². The minimum absolute atomic E-state index is 0. The first-order chi connectivity index (χ1) is 9.72. The average molecular weight is 313 g/mol. The van der Waals surface area contributed by atoms with E-state index in [-0.39, 0.29) is 24.2 Å². The van der Waals surface area contributed by atoms with Gasteiger partial charge in [-0.2, -0.15) is 0 Å². The average Bonchev–Trinajstić information content (AvgIpc) is 2.53. The zero-order valence-electron chi connectivity index (χ0n) is 12.0. The van der Waals surface area contributed by atoms with E-state index in [2.05, 4.69) is 10.6 Å². The fourth-order valence-corrected chi connectivity index (χ4v) is 2.38. The van der Waals surface area contributed by atoms with E-state index < -0.39 is 12.0 Å². The van der Waals surface area contributed by atoms with Crippen LogP contribution in [0.15, 0.2) is 30.3 Å². The van der Waals surface area contributed by atoms with Crippen LogP contribution in [0.25, 0.3) is 0 Å². The number of amides is 1. The van der Waals surface area contributed by atoms with Crippen LogP contribution in [-0.2, 0) is 14.3 Å². The van der Waals surface area contributed by atoms with Crippen molar-refractivity contribution in [3.8, 4) is 0 Å². The van der Waals surface area contributed by atoms with Crippen LogP contribution in [-0.4, -0.2) is 32.1 Å². The molecule has 1 aliphatic rings. The van der Waals surface area contributed by atoms with Crippen molar-refractivity contribution < 1.29 is 14.3 Å². The molecule has 0 aliphatic carbocycles. The molecule has 5 nitrogen and oxygen atoms in total. The number of hydrogen-bond acceptors (Lipinski definition) is 4. The maximum Gasteiger partial charge on any atom is 0.333 e. The SMILES string of the molecule is COC(=O)C(NC(=O)[C@@H]1CCCNC1)c1ccccc1.Cl. The molecular weight excluding hydrogens is 292 g/mol. The second kappa shape index (κ2) is 8.64. The number of methoxy groups -OCH3 is 1. The van der Waals surface area contributed by atoms with E-state index in [1.807, 2.05) is 18.2 Å². The van der Waals surface area contributed by atoms with Gasteiger partial charge in [0, 0.05) is 6.54 Å². The third-order valence-electron chi connectivity index (χ3n) is 3.52. The van der Waals surface area contributed by atoms with Crippen LogP contribution in [0.1, 0.15) is 24.4 Å². The first kappa shape index (κ1) is 17.5. The van der Waals surface area contributed by atoms with Crippen molar-refractivity contribution in [1.82, 2.24) is 10.6 Å². The minimum atomic E-state index is -0.740. The number of carbonyl (C=O) groups excluding carboxylic acids is 2. The summed E-state index contributed by atoms with van der Waals surface area (Å²) in [5, 5.41) is 6.00. The van der Waals surface area contributed by atoms with Gasteiger partial charge in [-0.15, -0.1) is 12.4 Å². The van der Waals surface area contributed by atoms with Crippen molar-refractivity contribution in [3.63, 3.8) is 0 Å². The van der Waals surface area contributed by atoms with Gasteiger partial charge in [0.25, 0.3) is 0 Å². The fourth-order valence-electron chi connectivity index (χ4n) is 2.38. The highest BCUT2D eigenvalue weighted by atomic mass is 35.5. The Morgan fingerprint density at radius 1 is 1.33 bits per heavy atom. The minimum Gasteiger partial charge on any atom is -0.467 e. The molecule has 0 saturated carbocycles. The third-order valence-corrected chi connectivity index (χ3v) is 3.52. The predicted octanol–water partition coefficient (Wildman–Crippen LogP) is 1.44. The highest BCUT2D eigenvalue weighted by Crippen LogP contribution is 2.17. The zero-order chi connectivity index (χ0) is 14.4. The van der Waals surface area contributed by atoms with E-state index in [4.69, 9.17) is 4.74 Å². The summed E-state index contributed by atoms with van der Waals surface area (Å²) in [5.41, 5.74) is 0.733. The molecule has 1 aliphatic heterocycles. The molecule has 1 unspecified atom stereocenters. The van der Waals surface area contributed by atoms with Crippen molar-refractivity contribution in [2.75, 3.05) is 20.2 Å². The van der Waals surface area contributed by atoms with Gasteiger partial charge in [-0.3, -0.25) is 4.79 Å². The van der Waals surface area contributed by atoms with E-state index in [1.165, 1.54) is 7.11 Å². The summed E-state index contributed by atoms with van der Waals surface area (Å²) in [7, 11) is 1.33. The Bertz CT molecular complexity index is 461. The molecular formula is C15H21ClN2O3. The second-order valence-corrected chi connectivity index (χ2v) is 4.92. The number of carbonyl (C=O) groups is 2. The van der Waals surface area contributed by atoms with E-state index in [1.54, 1.807) is 12.1 Å². The largest absolute Gasteiger partial charge is 0.467 e. The lowest BCUT2D eigenvalue weighted by molar-refractivity contribution is -0.145. The van der Waals surface area contributed by atoms with E-state index in [0.29, 0.717) is 6.54 Å². The molecule has 0 aromatic heterocycles. The molecule has 2 N–H and O–H groups in total. The number of halogens is 1. The Morgan fingerprint density at radius 3 is 2.62 bits per heavy atom. The normalized spacial score (nSPS) is 19.0. The molecule has 21 heavy (non-hydrogen) atoms. The van der Waals surface area contributed by atoms with Gasteiger partial charge >= 0.3 is 5.97 Å². The molecule has 116 valence electrons. The van der Waals surface area contributed by atoms with Crippen molar-refractivity contribution in [1.29, 1.82) is 0 Å². The van der Waals surface area contributed by atoms with Crippen LogP contribution in [0.2, 0.25) is 0 Å². The van der Waals surface area contributed by atoms with Crippen molar-refractivity contribution >= 4 is 24.3 Å². The molecule has 1 aromatic carbocycles. The van der Waals surface area contributed by atoms with Crippen LogP contribution in [0.5, 0.6) is 0 Å².